The van der Waals surface area contributed by atoms with Crippen LogP contribution in [0.3, 0.4) is 0 Å². The molecule has 152 valence electrons. The van der Waals surface area contributed by atoms with Gasteiger partial charge in [0, 0.05) is 6.92 Å². The standard InChI is InChI=1S/C21H23ClN4O3/c1-12(27)26-21(2,3)14-6-8-15(9-7-14)29-20-23-17-10-16(22)19(24-18(17)25-20)28-11-13-4-5-13/h6-10,13H,4-5,11H2,1-3H3,(H,26,27)(H,23,24,25). The zero-order valence-electron chi connectivity index (χ0n) is 16.6. The number of aromatic nitrogens is 3. The lowest BCUT2D eigenvalue weighted by Crippen LogP contribution is -2.39. The number of halogens is 1. The molecule has 29 heavy (non-hydrogen) atoms. The van der Waals surface area contributed by atoms with E-state index in [0.29, 0.717) is 46.4 Å². The predicted octanol–water partition coefficient (Wildman–Crippen LogP) is 4.56. The Kier molecular flexibility index (Phi) is 5.08. The monoisotopic (exact) mass is 414 g/mol. The van der Waals surface area contributed by atoms with Crippen molar-refractivity contribution >= 4 is 28.7 Å². The maximum Gasteiger partial charge on any atom is 0.301 e. The highest BCUT2D eigenvalue weighted by Crippen LogP contribution is 2.32. The third-order valence-electron chi connectivity index (χ3n) is 4.80. The first-order valence-electron chi connectivity index (χ1n) is 9.56. The molecule has 2 heterocycles. The van der Waals surface area contributed by atoms with E-state index in [1.54, 1.807) is 6.07 Å². The van der Waals surface area contributed by atoms with Crippen LogP contribution in [0.15, 0.2) is 30.3 Å². The fraction of sp³-hybridized carbons (Fsp3) is 0.381. The Morgan fingerprint density at radius 2 is 2.00 bits per heavy atom. The van der Waals surface area contributed by atoms with Crippen LogP contribution in [-0.4, -0.2) is 27.5 Å². The van der Waals surface area contributed by atoms with Gasteiger partial charge in [-0.2, -0.15) is 9.97 Å². The fourth-order valence-corrected chi connectivity index (χ4v) is 3.28. The molecule has 1 amide bonds. The van der Waals surface area contributed by atoms with Crippen LogP contribution in [0.1, 0.15) is 39.2 Å². The highest BCUT2D eigenvalue weighted by Gasteiger charge is 2.23. The second kappa shape index (κ2) is 7.55. The molecule has 3 aromatic rings. The van der Waals surface area contributed by atoms with Crippen LogP contribution in [0.5, 0.6) is 17.6 Å². The van der Waals surface area contributed by atoms with E-state index in [4.69, 9.17) is 21.1 Å². The van der Waals surface area contributed by atoms with Crippen molar-refractivity contribution in [2.45, 2.75) is 39.2 Å². The van der Waals surface area contributed by atoms with Crippen LogP contribution >= 0.6 is 11.6 Å². The number of hydrogen-bond acceptors (Lipinski definition) is 5. The van der Waals surface area contributed by atoms with Crippen LogP contribution in [-0.2, 0) is 10.3 Å². The lowest BCUT2D eigenvalue weighted by Gasteiger charge is -2.26. The summed E-state index contributed by atoms with van der Waals surface area (Å²) in [4.78, 5) is 23.2. The van der Waals surface area contributed by atoms with E-state index in [0.717, 1.165) is 5.56 Å². The van der Waals surface area contributed by atoms with Crippen molar-refractivity contribution in [2.24, 2.45) is 5.92 Å². The van der Waals surface area contributed by atoms with E-state index in [-0.39, 0.29) is 5.91 Å². The van der Waals surface area contributed by atoms with Gasteiger partial charge in [0.05, 0.1) is 17.7 Å². The second-order valence-corrected chi connectivity index (χ2v) is 8.28. The smallest absolute Gasteiger partial charge is 0.301 e. The van der Waals surface area contributed by atoms with Crippen molar-refractivity contribution < 1.29 is 14.3 Å². The number of fused-ring (bicyclic) bond motifs is 1. The normalized spacial score (nSPS) is 14.1. The molecule has 0 unspecified atom stereocenters. The van der Waals surface area contributed by atoms with Crippen molar-refractivity contribution in [3.63, 3.8) is 0 Å². The molecule has 0 saturated heterocycles. The quantitative estimate of drug-likeness (QED) is 0.591. The van der Waals surface area contributed by atoms with Gasteiger partial charge in [0.15, 0.2) is 5.65 Å². The zero-order valence-corrected chi connectivity index (χ0v) is 17.3. The van der Waals surface area contributed by atoms with Crippen molar-refractivity contribution in [3.8, 4) is 17.6 Å². The lowest BCUT2D eigenvalue weighted by atomic mass is 9.94. The average molecular weight is 415 g/mol. The van der Waals surface area contributed by atoms with Gasteiger partial charge in [-0.25, -0.2) is 0 Å². The first kappa shape index (κ1) is 19.5. The molecule has 0 aliphatic heterocycles. The number of H-pyrrole nitrogens is 1. The van der Waals surface area contributed by atoms with Gasteiger partial charge < -0.3 is 19.8 Å². The Balaban J connectivity index is 1.49. The van der Waals surface area contributed by atoms with Crippen molar-refractivity contribution in [1.82, 2.24) is 20.3 Å². The minimum absolute atomic E-state index is 0.0794. The molecule has 2 aromatic heterocycles. The van der Waals surface area contributed by atoms with Crippen LogP contribution in [0.4, 0.5) is 0 Å². The summed E-state index contributed by atoms with van der Waals surface area (Å²) in [6.07, 6.45) is 2.39. The van der Waals surface area contributed by atoms with Gasteiger partial charge >= 0.3 is 6.01 Å². The molecule has 1 saturated carbocycles. The molecule has 1 aliphatic carbocycles. The number of pyridine rings is 1. The Morgan fingerprint density at radius 1 is 1.28 bits per heavy atom. The van der Waals surface area contributed by atoms with Gasteiger partial charge in [-0.1, -0.05) is 23.7 Å². The summed E-state index contributed by atoms with van der Waals surface area (Å²) in [7, 11) is 0. The maximum atomic E-state index is 11.4. The molecule has 1 fully saturated rings. The van der Waals surface area contributed by atoms with E-state index >= 15 is 0 Å². The van der Waals surface area contributed by atoms with Crippen molar-refractivity contribution in [2.75, 3.05) is 6.61 Å². The van der Waals surface area contributed by atoms with Gasteiger partial charge in [-0.15, -0.1) is 0 Å². The highest BCUT2D eigenvalue weighted by atomic mass is 35.5. The van der Waals surface area contributed by atoms with E-state index in [9.17, 15) is 4.79 Å². The first-order chi connectivity index (χ1) is 13.8. The van der Waals surface area contributed by atoms with Crippen LogP contribution < -0.4 is 14.8 Å². The molecular formula is C21H23ClN4O3. The van der Waals surface area contributed by atoms with Gasteiger partial charge in [-0.3, -0.25) is 4.79 Å². The summed E-state index contributed by atoms with van der Waals surface area (Å²) in [5.41, 5.74) is 1.66. The maximum absolute atomic E-state index is 11.4. The third kappa shape index (κ3) is 4.62. The minimum Gasteiger partial charge on any atom is -0.476 e. The number of hydrogen-bond donors (Lipinski definition) is 2. The van der Waals surface area contributed by atoms with E-state index in [1.807, 2.05) is 38.1 Å². The number of carbonyl (C=O) groups excluding carboxylic acids is 1. The van der Waals surface area contributed by atoms with Gasteiger partial charge in [0.25, 0.3) is 0 Å². The largest absolute Gasteiger partial charge is 0.476 e. The molecule has 2 N–H and O–H groups in total. The average Bonchev–Trinajstić information content (AvgIpc) is 3.39. The fourth-order valence-electron chi connectivity index (χ4n) is 3.07. The molecule has 0 radical (unpaired) electrons. The highest BCUT2D eigenvalue weighted by molar-refractivity contribution is 6.32. The molecule has 1 aliphatic rings. The molecule has 0 spiro atoms. The lowest BCUT2D eigenvalue weighted by molar-refractivity contribution is -0.120. The molecular weight excluding hydrogens is 392 g/mol. The number of aromatic amines is 1. The number of ether oxygens (including phenoxy) is 2. The molecule has 0 bridgehead atoms. The third-order valence-corrected chi connectivity index (χ3v) is 5.08. The van der Waals surface area contributed by atoms with Gasteiger partial charge in [-0.05, 0) is 56.4 Å². The molecule has 0 atom stereocenters. The van der Waals surface area contributed by atoms with Gasteiger partial charge in [0.2, 0.25) is 11.8 Å². The number of benzene rings is 1. The second-order valence-electron chi connectivity index (χ2n) is 7.88. The number of carbonyl (C=O) groups is 1. The Hall–Kier alpha value is -2.80. The van der Waals surface area contributed by atoms with Crippen LogP contribution in [0, 0.1) is 5.92 Å². The predicted molar refractivity (Wildman–Crippen MR) is 110 cm³/mol. The Bertz CT molecular complexity index is 1040. The molecule has 7 nitrogen and oxygen atoms in total. The minimum atomic E-state index is -0.471. The van der Waals surface area contributed by atoms with Crippen molar-refractivity contribution in [1.29, 1.82) is 0 Å². The first-order valence-corrected chi connectivity index (χ1v) is 9.94. The Morgan fingerprint density at radius 3 is 2.66 bits per heavy atom. The zero-order chi connectivity index (χ0) is 20.6. The van der Waals surface area contributed by atoms with E-state index in [1.165, 1.54) is 19.8 Å². The summed E-state index contributed by atoms with van der Waals surface area (Å²) in [5.74, 6) is 1.54. The molecule has 8 heteroatoms. The molecule has 4 rings (SSSR count). The summed E-state index contributed by atoms with van der Waals surface area (Å²) in [5, 5.41) is 3.37. The number of nitrogens with one attached hydrogen (secondary N) is 2. The molecule has 1 aromatic carbocycles. The SMILES string of the molecule is CC(=O)NC(C)(C)c1ccc(Oc2nc3nc(OCC4CC4)c(Cl)cc3[nH]2)cc1. The summed E-state index contributed by atoms with van der Waals surface area (Å²) >= 11 is 6.27. The number of nitrogens with zero attached hydrogens (tertiary/aromatic N) is 2. The van der Waals surface area contributed by atoms with Crippen molar-refractivity contribution in [3.05, 3.63) is 40.9 Å². The van der Waals surface area contributed by atoms with Gasteiger partial charge in [0.1, 0.15) is 10.8 Å². The summed E-state index contributed by atoms with van der Waals surface area (Å²) in [6, 6.07) is 9.54. The number of amides is 1. The van der Waals surface area contributed by atoms with E-state index < -0.39 is 5.54 Å². The number of rotatable bonds is 7. The Labute approximate surface area is 173 Å². The number of imidazole rings is 1. The topological polar surface area (TPSA) is 89.1 Å². The van der Waals surface area contributed by atoms with Crippen LogP contribution in [0.2, 0.25) is 5.02 Å². The summed E-state index contributed by atoms with van der Waals surface area (Å²) in [6.45, 7) is 6.03. The summed E-state index contributed by atoms with van der Waals surface area (Å²) < 4.78 is 11.5. The van der Waals surface area contributed by atoms with Crippen LogP contribution in [0.25, 0.3) is 11.2 Å². The van der Waals surface area contributed by atoms with E-state index in [2.05, 4.69) is 20.3 Å².